The molecule has 5 nitrogen and oxygen atoms in total. The van der Waals surface area contributed by atoms with Gasteiger partial charge in [0.15, 0.2) is 0 Å². The van der Waals surface area contributed by atoms with E-state index in [1.54, 1.807) is 0 Å². The van der Waals surface area contributed by atoms with Gasteiger partial charge >= 0.3 is 5.97 Å². The number of aryl methyl sites for hydroxylation is 2. The van der Waals surface area contributed by atoms with Gasteiger partial charge in [-0.2, -0.15) is 5.10 Å². The average Bonchev–Trinajstić information content (AvgIpc) is 2.59. The molecule has 0 aliphatic carbocycles. The van der Waals surface area contributed by atoms with Crippen molar-refractivity contribution >= 4 is 5.97 Å². The van der Waals surface area contributed by atoms with E-state index in [4.69, 9.17) is 0 Å². The minimum absolute atomic E-state index is 0.203. The Morgan fingerprint density at radius 2 is 2.18 bits per heavy atom. The van der Waals surface area contributed by atoms with E-state index in [0.717, 1.165) is 24.5 Å². The number of methoxy groups -OCH3 is 1. The highest BCUT2D eigenvalue weighted by molar-refractivity contribution is 5.68. The van der Waals surface area contributed by atoms with Crippen LogP contribution in [0.25, 0.3) is 0 Å². The zero-order valence-corrected chi connectivity index (χ0v) is 11.0. The molecule has 1 rings (SSSR count). The van der Waals surface area contributed by atoms with Crippen molar-refractivity contribution < 1.29 is 9.53 Å². The first-order chi connectivity index (χ1) is 8.10. The van der Waals surface area contributed by atoms with Crippen molar-refractivity contribution in [2.24, 2.45) is 0 Å². The molecular formula is C12H21N3O2. The van der Waals surface area contributed by atoms with Crippen molar-refractivity contribution in [1.82, 2.24) is 15.1 Å². The monoisotopic (exact) mass is 239 g/mol. The molecule has 0 aliphatic rings. The average molecular weight is 239 g/mol. The first kappa shape index (κ1) is 13.7. The third-order valence-corrected chi connectivity index (χ3v) is 2.84. The molecule has 0 bridgehead atoms. The predicted molar refractivity (Wildman–Crippen MR) is 65.7 cm³/mol. The molecule has 0 fully saturated rings. The minimum Gasteiger partial charge on any atom is -0.469 e. The van der Waals surface area contributed by atoms with Crippen LogP contribution < -0.4 is 5.32 Å². The summed E-state index contributed by atoms with van der Waals surface area (Å²) in [6, 6.07) is 0. The van der Waals surface area contributed by atoms with Gasteiger partial charge in [0.25, 0.3) is 0 Å². The lowest BCUT2D eigenvalue weighted by Crippen LogP contribution is -2.13. The number of aromatic nitrogens is 2. The van der Waals surface area contributed by atoms with Crippen LogP contribution in [0, 0.1) is 13.8 Å². The van der Waals surface area contributed by atoms with Gasteiger partial charge in [-0.1, -0.05) is 6.92 Å². The standard InChI is InChI=1S/C12H21N3O2/c1-5-13-8-11-9(2)14-15(10(11)3)7-6-12(16)17-4/h13H,5-8H2,1-4H3. The van der Waals surface area contributed by atoms with Crippen LogP contribution in [0.1, 0.15) is 30.3 Å². The van der Waals surface area contributed by atoms with E-state index in [1.807, 2.05) is 18.5 Å². The van der Waals surface area contributed by atoms with Gasteiger partial charge in [-0.3, -0.25) is 9.48 Å². The Bertz CT molecular complexity index is 385. The molecule has 1 aromatic rings. The number of hydrogen-bond acceptors (Lipinski definition) is 4. The molecule has 0 saturated heterocycles. The number of ether oxygens (including phenoxy) is 1. The zero-order chi connectivity index (χ0) is 12.8. The summed E-state index contributed by atoms with van der Waals surface area (Å²) in [5.74, 6) is -0.203. The topological polar surface area (TPSA) is 56.2 Å². The van der Waals surface area contributed by atoms with Crippen molar-refractivity contribution in [2.45, 2.75) is 40.3 Å². The van der Waals surface area contributed by atoms with Crippen LogP contribution in [0.15, 0.2) is 0 Å². The molecule has 1 aromatic heterocycles. The second-order valence-electron chi connectivity index (χ2n) is 3.98. The zero-order valence-electron chi connectivity index (χ0n) is 11.0. The third-order valence-electron chi connectivity index (χ3n) is 2.84. The number of carbonyl (C=O) groups is 1. The van der Waals surface area contributed by atoms with Gasteiger partial charge in [0.1, 0.15) is 0 Å². The van der Waals surface area contributed by atoms with Crippen LogP contribution in [-0.2, 0) is 22.6 Å². The number of nitrogens with one attached hydrogen (secondary N) is 1. The van der Waals surface area contributed by atoms with Crippen molar-refractivity contribution in [3.8, 4) is 0 Å². The molecule has 0 unspecified atom stereocenters. The van der Waals surface area contributed by atoms with Crippen LogP contribution in [0.3, 0.4) is 0 Å². The predicted octanol–water partition coefficient (Wildman–Crippen LogP) is 1.17. The normalized spacial score (nSPS) is 10.6. The molecule has 1 heterocycles. The Labute approximate surface area is 102 Å². The summed E-state index contributed by atoms with van der Waals surface area (Å²) >= 11 is 0. The van der Waals surface area contributed by atoms with Gasteiger partial charge in [0.2, 0.25) is 0 Å². The quantitative estimate of drug-likeness (QED) is 0.757. The Kier molecular flexibility index (Phi) is 5.15. The molecule has 0 aliphatic heterocycles. The summed E-state index contributed by atoms with van der Waals surface area (Å²) in [5, 5.41) is 7.73. The molecule has 0 saturated carbocycles. The lowest BCUT2D eigenvalue weighted by molar-refractivity contribution is -0.140. The Balaban J connectivity index is 2.70. The molecule has 0 aromatic carbocycles. The first-order valence-electron chi connectivity index (χ1n) is 5.90. The summed E-state index contributed by atoms with van der Waals surface area (Å²) in [5.41, 5.74) is 3.36. The van der Waals surface area contributed by atoms with E-state index in [-0.39, 0.29) is 5.97 Å². The molecule has 0 amide bonds. The van der Waals surface area contributed by atoms with E-state index >= 15 is 0 Å². The lowest BCUT2D eigenvalue weighted by atomic mass is 10.2. The summed E-state index contributed by atoms with van der Waals surface area (Å²) in [6.45, 7) is 8.44. The van der Waals surface area contributed by atoms with Gasteiger partial charge in [0.05, 0.1) is 25.8 Å². The van der Waals surface area contributed by atoms with Gasteiger partial charge in [-0.25, -0.2) is 0 Å². The third kappa shape index (κ3) is 3.56. The molecular weight excluding hydrogens is 218 g/mol. The fourth-order valence-electron chi connectivity index (χ4n) is 1.76. The second-order valence-corrected chi connectivity index (χ2v) is 3.98. The largest absolute Gasteiger partial charge is 0.469 e. The van der Waals surface area contributed by atoms with E-state index in [1.165, 1.54) is 12.7 Å². The van der Waals surface area contributed by atoms with Crippen molar-refractivity contribution in [3.63, 3.8) is 0 Å². The fraction of sp³-hybridized carbons (Fsp3) is 0.667. The smallest absolute Gasteiger partial charge is 0.307 e. The maximum atomic E-state index is 11.1. The SMILES string of the molecule is CCNCc1c(C)nn(CCC(=O)OC)c1C. The number of esters is 1. The maximum absolute atomic E-state index is 11.1. The highest BCUT2D eigenvalue weighted by Crippen LogP contribution is 2.13. The van der Waals surface area contributed by atoms with Gasteiger partial charge < -0.3 is 10.1 Å². The summed E-state index contributed by atoms with van der Waals surface area (Å²) < 4.78 is 6.50. The molecule has 17 heavy (non-hydrogen) atoms. The summed E-state index contributed by atoms with van der Waals surface area (Å²) in [6.07, 6.45) is 0.360. The molecule has 0 atom stereocenters. The Morgan fingerprint density at radius 3 is 2.76 bits per heavy atom. The highest BCUT2D eigenvalue weighted by atomic mass is 16.5. The molecule has 96 valence electrons. The highest BCUT2D eigenvalue weighted by Gasteiger charge is 2.11. The molecule has 0 radical (unpaired) electrons. The Hall–Kier alpha value is -1.36. The van der Waals surface area contributed by atoms with Crippen LogP contribution in [0.2, 0.25) is 0 Å². The molecule has 1 N–H and O–H groups in total. The first-order valence-corrected chi connectivity index (χ1v) is 5.90. The van der Waals surface area contributed by atoms with E-state index < -0.39 is 0 Å². The number of nitrogens with zero attached hydrogens (tertiary/aromatic N) is 2. The van der Waals surface area contributed by atoms with Crippen LogP contribution >= 0.6 is 0 Å². The second kappa shape index (κ2) is 6.39. The number of rotatable bonds is 6. The lowest BCUT2D eigenvalue weighted by Gasteiger charge is -2.05. The van der Waals surface area contributed by atoms with Crippen LogP contribution in [0.5, 0.6) is 0 Å². The molecule has 0 spiro atoms. The van der Waals surface area contributed by atoms with Crippen molar-refractivity contribution in [3.05, 3.63) is 17.0 Å². The minimum atomic E-state index is -0.203. The molecule has 5 heteroatoms. The summed E-state index contributed by atoms with van der Waals surface area (Å²) in [7, 11) is 1.40. The summed E-state index contributed by atoms with van der Waals surface area (Å²) in [4.78, 5) is 11.1. The Morgan fingerprint density at radius 1 is 1.47 bits per heavy atom. The number of carbonyl (C=O) groups excluding carboxylic acids is 1. The fourth-order valence-corrected chi connectivity index (χ4v) is 1.76. The van der Waals surface area contributed by atoms with Gasteiger partial charge in [-0.05, 0) is 20.4 Å². The van der Waals surface area contributed by atoms with Gasteiger partial charge in [-0.15, -0.1) is 0 Å². The van der Waals surface area contributed by atoms with Crippen molar-refractivity contribution in [2.75, 3.05) is 13.7 Å². The van der Waals surface area contributed by atoms with Crippen LogP contribution in [0.4, 0.5) is 0 Å². The van der Waals surface area contributed by atoms with Gasteiger partial charge in [0, 0.05) is 17.8 Å². The van der Waals surface area contributed by atoms with Crippen LogP contribution in [-0.4, -0.2) is 29.4 Å². The maximum Gasteiger partial charge on any atom is 0.307 e. The van der Waals surface area contributed by atoms with Crippen molar-refractivity contribution in [1.29, 1.82) is 0 Å². The van der Waals surface area contributed by atoms with E-state index in [0.29, 0.717) is 13.0 Å². The van der Waals surface area contributed by atoms with E-state index in [9.17, 15) is 4.79 Å². The number of hydrogen-bond donors (Lipinski definition) is 1. The van der Waals surface area contributed by atoms with E-state index in [2.05, 4.69) is 22.1 Å².